The van der Waals surface area contributed by atoms with Gasteiger partial charge in [0.25, 0.3) is 0 Å². The smallest absolute Gasteiger partial charge is 0.303 e. The summed E-state index contributed by atoms with van der Waals surface area (Å²) in [5.74, 6) is -0.796. The zero-order chi connectivity index (χ0) is 14.8. The van der Waals surface area contributed by atoms with Crippen molar-refractivity contribution in [1.29, 1.82) is 0 Å². The van der Waals surface area contributed by atoms with E-state index in [1.165, 1.54) is 5.56 Å². The molecule has 21 heavy (non-hydrogen) atoms. The van der Waals surface area contributed by atoms with Crippen molar-refractivity contribution in [1.82, 2.24) is 9.38 Å². The van der Waals surface area contributed by atoms with Gasteiger partial charge < -0.3 is 9.51 Å². The Kier molecular flexibility index (Phi) is 3.44. The molecule has 1 aromatic carbocycles. The van der Waals surface area contributed by atoms with E-state index in [1.807, 2.05) is 60.0 Å². The molecular formula is C17H16N2O2. The Labute approximate surface area is 122 Å². The summed E-state index contributed by atoms with van der Waals surface area (Å²) in [5, 5.41) is 8.95. The first-order valence-electron chi connectivity index (χ1n) is 6.90. The van der Waals surface area contributed by atoms with Gasteiger partial charge in [0.2, 0.25) is 0 Å². The maximum absolute atomic E-state index is 10.9. The van der Waals surface area contributed by atoms with E-state index in [1.54, 1.807) is 0 Å². The van der Waals surface area contributed by atoms with Crippen LogP contribution in [0.25, 0.3) is 16.9 Å². The number of imidazole rings is 1. The van der Waals surface area contributed by atoms with Crippen LogP contribution < -0.4 is 0 Å². The molecule has 4 nitrogen and oxygen atoms in total. The zero-order valence-electron chi connectivity index (χ0n) is 11.8. The number of carbonyl (C=O) groups is 1. The number of carboxylic acids is 1. The summed E-state index contributed by atoms with van der Waals surface area (Å²) in [6.07, 6.45) is 2.49. The molecule has 2 heterocycles. The molecule has 4 heteroatoms. The number of nitrogens with zero attached hydrogens (tertiary/aromatic N) is 2. The minimum absolute atomic E-state index is 0.0988. The van der Waals surface area contributed by atoms with Gasteiger partial charge in [0.1, 0.15) is 5.65 Å². The molecule has 0 bridgehead atoms. The molecule has 0 aliphatic rings. The third kappa shape index (κ3) is 2.65. The molecule has 0 saturated heterocycles. The number of pyridine rings is 1. The first kappa shape index (κ1) is 13.4. The molecule has 3 aromatic rings. The quantitative estimate of drug-likeness (QED) is 0.797. The van der Waals surface area contributed by atoms with Crippen molar-refractivity contribution in [2.75, 3.05) is 0 Å². The SMILES string of the molecule is Cc1ccc(-c2nc3ccccn3c2CCC(=O)O)cc1. The van der Waals surface area contributed by atoms with Gasteiger partial charge in [-0.2, -0.15) is 0 Å². The van der Waals surface area contributed by atoms with Crippen LogP contribution >= 0.6 is 0 Å². The fourth-order valence-corrected chi connectivity index (χ4v) is 2.45. The second-order valence-electron chi connectivity index (χ2n) is 5.10. The molecule has 0 fully saturated rings. The molecule has 0 spiro atoms. The van der Waals surface area contributed by atoms with E-state index in [0.29, 0.717) is 6.42 Å². The van der Waals surface area contributed by atoms with Crippen molar-refractivity contribution >= 4 is 11.6 Å². The van der Waals surface area contributed by atoms with Crippen LogP contribution in [-0.2, 0) is 11.2 Å². The lowest BCUT2D eigenvalue weighted by molar-refractivity contribution is -0.136. The molecule has 0 radical (unpaired) electrons. The third-order valence-corrected chi connectivity index (χ3v) is 3.53. The number of carboxylic acid groups (broad SMARTS) is 1. The predicted octanol–water partition coefficient (Wildman–Crippen LogP) is 3.33. The third-order valence-electron chi connectivity index (χ3n) is 3.53. The minimum atomic E-state index is -0.796. The lowest BCUT2D eigenvalue weighted by Crippen LogP contribution is -2.01. The lowest BCUT2D eigenvalue weighted by Gasteiger charge is -2.04. The Morgan fingerprint density at radius 3 is 2.67 bits per heavy atom. The molecule has 0 saturated carbocycles. The number of hydrogen-bond donors (Lipinski definition) is 1. The number of aromatic nitrogens is 2. The number of benzene rings is 1. The lowest BCUT2D eigenvalue weighted by atomic mass is 10.1. The number of rotatable bonds is 4. The van der Waals surface area contributed by atoms with Crippen LogP contribution in [-0.4, -0.2) is 20.5 Å². The standard InChI is InChI=1S/C17H16N2O2/c1-12-5-7-13(8-6-12)17-14(9-10-16(20)21)19-11-3-2-4-15(19)18-17/h2-8,11H,9-10H2,1H3,(H,20,21). The van der Waals surface area contributed by atoms with E-state index in [2.05, 4.69) is 4.98 Å². The molecule has 0 unspecified atom stereocenters. The second kappa shape index (κ2) is 5.40. The monoisotopic (exact) mass is 280 g/mol. The van der Waals surface area contributed by atoms with Crippen molar-refractivity contribution in [3.05, 3.63) is 59.9 Å². The highest BCUT2D eigenvalue weighted by Crippen LogP contribution is 2.25. The normalized spacial score (nSPS) is 10.9. The van der Waals surface area contributed by atoms with Gasteiger partial charge in [0, 0.05) is 18.2 Å². The van der Waals surface area contributed by atoms with E-state index in [0.717, 1.165) is 22.6 Å². The summed E-state index contributed by atoms with van der Waals surface area (Å²) in [7, 11) is 0. The number of aryl methyl sites for hydroxylation is 2. The largest absolute Gasteiger partial charge is 0.481 e. The Balaban J connectivity index is 2.13. The summed E-state index contributed by atoms with van der Waals surface area (Å²) in [5.41, 5.74) is 4.85. The minimum Gasteiger partial charge on any atom is -0.481 e. The Morgan fingerprint density at radius 1 is 1.19 bits per heavy atom. The maximum atomic E-state index is 10.9. The molecule has 3 rings (SSSR count). The molecule has 0 aliphatic carbocycles. The second-order valence-corrected chi connectivity index (χ2v) is 5.10. The van der Waals surface area contributed by atoms with Crippen molar-refractivity contribution < 1.29 is 9.90 Å². The van der Waals surface area contributed by atoms with Gasteiger partial charge in [0.05, 0.1) is 17.8 Å². The van der Waals surface area contributed by atoms with Gasteiger partial charge in [-0.1, -0.05) is 35.9 Å². The summed E-state index contributed by atoms with van der Waals surface area (Å²) in [6.45, 7) is 2.04. The van der Waals surface area contributed by atoms with Crippen LogP contribution in [0.2, 0.25) is 0 Å². The number of hydrogen-bond acceptors (Lipinski definition) is 2. The van der Waals surface area contributed by atoms with Gasteiger partial charge in [-0.3, -0.25) is 4.79 Å². The van der Waals surface area contributed by atoms with E-state index in [-0.39, 0.29) is 6.42 Å². The van der Waals surface area contributed by atoms with Crippen molar-refractivity contribution in [2.45, 2.75) is 19.8 Å². The van der Waals surface area contributed by atoms with Gasteiger partial charge in [-0.05, 0) is 19.1 Å². The molecule has 0 amide bonds. The molecule has 106 valence electrons. The van der Waals surface area contributed by atoms with E-state index >= 15 is 0 Å². The zero-order valence-corrected chi connectivity index (χ0v) is 11.8. The molecular weight excluding hydrogens is 264 g/mol. The molecule has 2 aromatic heterocycles. The summed E-state index contributed by atoms with van der Waals surface area (Å²) in [6, 6.07) is 13.9. The van der Waals surface area contributed by atoms with Crippen LogP contribution in [0.1, 0.15) is 17.7 Å². The van der Waals surface area contributed by atoms with Crippen LogP contribution in [0, 0.1) is 6.92 Å². The summed E-state index contributed by atoms with van der Waals surface area (Å²) >= 11 is 0. The highest BCUT2D eigenvalue weighted by molar-refractivity contribution is 5.70. The topological polar surface area (TPSA) is 54.6 Å². The summed E-state index contributed by atoms with van der Waals surface area (Å²) in [4.78, 5) is 15.6. The van der Waals surface area contributed by atoms with Gasteiger partial charge in [-0.15, -0.1) is 0 Å². The van der Waals surface area contributed by atoms with Gasteiger partial charge in [0.15, 0.2) is 0 Å². The van der Waals surface area contributed by atoms with E-state index in [4.69, 9.17) is 5.11 Å². The number of fused-ring (bicyclic) bond motifs is 1. The van der Waals surface area contributed by atoms with Crippen molar-refractivity contribution in [2.24, 2.45) is 0 Å². The van der Waals surface area contributed by atoms with Crippen LogP contribution in [0.3, 0.4) is 0 Å². The van der Waals surface area contributed by atoms with Crippen molar-refractivity contribution in [3.8, 4) is 11.3 Å². The van der Waals surface area contributed by atoms with Crippen LogP contribution in [0.4, 0.5) is 0 Å². The fourth-order valence-electron chi connectivity index (χ4n) is 2.45. The molecule has 1 N–H and O–H groups in total. The Bertz CT molecular complexity index is 788. The highest BCUT2D eigenvalue weighted by Gasteiger charge is 2.14. The molecule has 0 atom stereocenters. The van der Waals surface area contributed by atoms with Crippen molar-refractivity contribution in [3.63, 3.8) is 0 Å². The van der Waals surface area contributed by atoms with Gasteiger partial charge >= 0.3 is 5.97 Å². The van der Waals surface area contributed by atoms with Gasteiger partial charge in [-0.25, -0.2) is 4.98 Å². The van der Waals surface area contributed by atoms with E-state index < -0.39 is 5.97 Å². The van der Waals surface area contributed by atoms with Crippen LogP contribution in [0.15, 0.2) is 48.7 Å². The maximum Gasteiger partial charge on any atom is 0.303 e. The van der Waals surface area contributed by atoms with E-state index in [9.17, 15) is 4.79 Å². The first-order chi connectivity index (χ1) is 10.1. The Morgan fingerprint density at radius 2 is 1.95 bits per heavy atom. The molecule has 0 aliphatic heterocycles. The average Bonchev–Trinajstić information content (AvgIpc) is 2.84. The van der Waals surface area contributed by atoms with Crippen LogP contribution in [0.5, 0.6) is 0 Å². The Hall–Kier alpha value is -2.62. The predicted molar refractivity (Wildman–Crippen MR) is 81.3 cm³/mol. The summed E-state index contributed by atoms with van der Waals surface area (Å²) < 4.78 is 1.97. The number of aliphatic carboxylic acids is 1. The first-order valence-corrected chi connectivity index (χ1v) is 6.90. The fraction of sp³-hybridized carbons (Fsp3) is 0.176. The average molecular weight is 280 g/mol. The highest BCUT2D eigenvalue weighted by atomic mass is 16.4.